The van der Waals surface area contributed by atoms with Crippen molar-refractivity contribution in [3.8, 4) is 11.5 Å². The van der Waals surface area contributed by atoms with Gasteiger partial charge in [0.05, 0.1) is 0 Å². The summed E-state index contributed by atoms with van der Waals surface area (Å²) in [6.07, 6.45) is 1.57. The first-order valence-corrected chi connectivity index (χ1v) is 4.74. The Hall–Kier alpha value is -1.26. The molecular weight excluding hydrogens is 240 g/mol. The molecule has 3 nitrogen and oxygen atoms in total. The van der Waals surface area contributed by atoms with E-state index >= 15 is 0 Å². The lowest BCUT2D eigenvalue weighted by atomic mass is 10.3. The Labute approximate surface area is 94.9 Å². The van der Waals surface area contributed by atoms with Crippen molar-refractivity contribution < 1.29 is 4.39 Å². The molecule has 0 aliphatic carbocycles. The lowest BCUT2D eigenvalue weighted by Gasteiger charge is -2.01. The Balaban J connectivity index is 2.56. The van der Waals surface area contributed by atoms with Crippen molar-refractivity contribution >= 4 is 23.2 Å². The minimum atomic E-state index is -0.821. The van der Waals surface area contributed by atoms with E-state index in [1.165, 1.54) is 0 Å². The lowest BCUT2D eigenvalue weighted by molar-refractivity contribution is 0.615. The van der Waals surface area contributed by atoms with Gasteiger partial charge in [0.1, 0.15) is 5.69 Å². The van der Waals surface area contributed by atoms with Gasteiger partial charge in [-0.1, -0.05) is 29.3 Å². The predicted octanol–water partition coefficient (Wildman–Crippen LogP) is 2.98. The second-order valence-electron chi connectivity index (χ2n) is 2.66. The summed E-state index contributed by atoms with van der Waals surface area (Å²) in [4.78, 5) is 11.5. The lowest BCUT2D eigenvalue weighted by Crippen LogP contribution is -1.95. The average Bonchev–Trinajstić information content (AvgIpc) is 2.26. The van der Waals surface area contributed by atoms with Crippen LogP contribution in [0.15, 0.2) is 24.4 Å². The summed E-state index contributed by atoms with van der Waals surface area (Å²) >= 11 is 11.1. The van der Waals surface area contributed by atoms with Gasteiger partial charge in [0.25, 0.3) is 0 Å². The van der Waals surface area contributed by atoms with Crippen LogP contribution >= 0.6 is 23.2 Å². The number of nitrogens with zero attached hydrogens (tertiary/aromatic N) is 3. The molecule has 0 amide bonds. The monoisotopic (exact) mass is 243 g/mol. The van der Waals surface area contributed by atoms with E-state index in [4.69, 9.17) is 23.2 Å². The van der Waals surface area contributed by atoms with E-state index in [0.717, 1.165) is 0 Å². The van der Waals surface area contributed by atoms with Crippen LogP contribution < -0.4 is 0 Å². The first-order chi connectivity index (χ1) is 7.18. The fraction of sp³-hybridized carbons (Fsp3) is 0. The van der Waals surface area contributed by atoms with E-state index in [1.807, 2.05) is 0 Å². The summed E-state index contributed by atoms with van der Waals surface area (Å²) in [6, 6.07) is 5.19. The predicted molar refractivity (Wildman–Crippen MR) is 55.2 cm³/mol. The van der Waals surface area contributed by atoms with E-state index in [2.05, 4.69) is 15.0 Å². The molecule has 0 fully saturated rings. The van der Waals surface area contributed by atoms with Crippen molar-refractivity contribution in [1.82, 2.24) is 15.0 Å². The maximum Gasteiger partial charge on any atom is 0.197 e. The minimum Gasteiger partial charge on any atom is -0.253 e. The highest BCUT2D eigenvalue weighted by molar-refractivity contribution is 6.33. The van der Waals surface area contributed by atoms with Crippen LogP contribution in [-0.2, 0) is 0 Å². The van der Waals surface area contributed by atoms with Gasteiger partial charge in [0.2, 0.25) is 0 Å². The topological polar surface area (TPSA) is 38.7 Å². The van der Waals surface area contributed by atoms with Gasteiger partial charge >= 0.3 is 0 Å². The van der Waals surface area contributed by atoms with Crippen molar-refractivity contribution in [2.75, 3.05) is 0 Å². The highest BCUT2D eigenvalue weighted by atomic mass is 35.5. The largest absolute Gasteiger partial charge is 0.253 e. The zero-order valence-corrected chi connectivity index (χ0v) is 8.80. The number of halogens is 3. The third-order valence-electron chi connectivity index (χ3n) is 1.66. The van der Waals surface area contributed by atoms with Gasteiger partial charge in [-0.25, -0.2) is 14.4 Å². The Morgan fingerprint density at radius 3 is 2.27 bits per heavy atom. The molecule has 0 N–H and O–H groups in total. The van der Waals surface area contributed by atoms with Gasteiger partial charge in [-0.3, -0.25) is 4.98 Å². The van der Waals surface area contributed by atoms with Gasteiger partial charge in [0, 0.05) is 6.20 Å². The molecule has 0 saturated heterocycles. The average molecular weight is 244 g/mol. The summed E-state index contributed by atoms with van der Waals surface area (Å²) in [6.45, 7) is 0. The highest BCUT2D eigenvalue weighted by Gasteiger charge is 2.12. The van der Waals surface area contributed by atoms with Gasteiger partial charge in [-0.2, -0.15) is 0 Å². The van der Waals surface area contributed by atoms with Crippen molar-refractivity contribution in [2.24, 2.45) is 0 Å². The van der Waals surface area contributed by atoms with Crippen molar-refractivity contribution in [2.45, 2.75) is 0 Å². The Morgan fingerprint density at radius 2 is 1.73 bits per heavy atom. The van der Waals surface area contributed by atoms with Crippen LogP contribution in [0.3, 0.4) is 0 Å². The molecule has 6 heteroatoms. The first kappa shape index (κ1) is 10.3. The molecule has 2 aromatic heterocycles. The van der Waals surface area contributed by atoms with Crippen LogP contribution in [0.5, 0.6) is 0 Å². The number of pyridine rings is 1. The zero-order chi connectivity index (χ0) is 10.8. The molecule has 0 spiro atoms. The van der Waals surface area contributed by atoms with Crippen molar-refractivity contribution in [3.63, 3.8) is 0 Å². The maximum absolute atomic E-state index is 13.0. The van der Waals surface area contributed by atoms with Crippen LogP contribution in [-0.4, -0.2) is 15.0 Å². The number of aromatic nitrogens is 3. The van der Waals surface area contributed by atoms with Gasteiger partial charge in [-0.05, 0) is 12.1 Å². The molecule has 0 unspecified atom stereocenters. The molecule has 0 saturated carbocycles. The third kappa shape index (κ3) is 2.06. The smallest absolute Gasteiger partial charge is 0.197 e. The van der Waals surface area contributed by atoms with Crippen molar-refractivity contribution in [1.29, 1.82) is 0 Å². The second-order valence-corrected chi connectivity index (χ2v) is 3.37. The highest BCUT2D eigenvalue weighted by Crippen LogP contribution is 2.22. The number of rotatable bonds is 1. The molecule has 0 aromatic carbocycles. The third-order valence-corrected chi connectivity index (χ3v) is 2.17. The molecule has 0 radical (unpaired) electrons. The quantitative estimate of drug-likeness (QED) is 0.723. The Kier molecular flexibility index (Phi) is 2.79. The summed E-state index contributed by atoms with van der Waals surface area (Å²) in [5.74, 6) is -0.620. The molecule has 76 valence electrons. The standard InChI is InChI=1S/C9H4Cl2FN3/c10-7-6(12)8(11)15-9(14-7)5-3-1-2-4-13-5/h1-4H. The Bertz CT molecular complexity index is 467. The van der Waals surface area contributed by atoms with Crippen LogP contribution in [0.1, 0.15) is 0 Å². The molecule has 0 atom stereocenters. The minimum absolute atomic E-state index is 0.201. The molecule has 15 heavy (non-hydrogen) atoms. The van der Waals surface area contributed by atoms with E-state index in [0.29, 0.717) is 5.69 Å². The molecule has 0 aliphatic heterocycles. The molecule has 0 aliphatic rings. The molecule has 2 heterocycles. The zero-order valence-electron chi connectivity index (χ0n) is 7.28. The van der Waals surface area contributed by atoms with E-state index in [-0.39, 0.29) is 16.1 Å². The van der Waals surface area contributed by atoms with Crippen LogP contribution in [0.4, 0.5) is 4.39 Å². The summed E-state index contributed by atoms with van der Waals surface area (Å²) in [7, 11) is 0. The molecular formula is C9H4Cl2FN3. The van der Waals surface area contributed by atoms with Crippen molar-refractivity contribution in [3.05, 3.63) is 40.5 Å². The van der Waals surface area contributed by atoms with Gasteiger partial charge in [-0.15, -0.1) is 0 Å². The molecule has 2 rings (SSSR count). The maximum atomic E-state index is 13.0. The molecule has 0 bridgehead atoms. The van der Waals surface area contributed by atoms with Crippen LogP contribution in [0.25, 0.3) is 11.5 Å². The number of hydrogen-bond donors (Lipinski definition) is 0. The molecule has 2 aromatic rings. The summed E-state index contributed by atoms with van der Waals surface area (Å²) < 4.78 is 13.0. The van der Waals surface area contributed by atoms with Gasteiger partial charge in [0.15, 0.2) is 21.9 Å². The fourth-order valence-electron chi connectivity index (χ4n) is 1.00. The normalized spacial score (nSPS) is 10.3. The SMILES string of the molecule is Fc1c(Cl)nc(-c2ccccn2)nc1Cl. The second kappa shape index (κ2) is 4.08. The Morgan fingerprint density at radius 1 is 1.07 bits per heavy atom. The van der Waals surface area contributed by atoms with Crippen LogP contribution in [0, 0.1) is 5.82 Å². The van der Waals surface area contributed by atoms with E-state index < -0.39 is 5.82 Å². The summed E-state index contributed by atoms with van der Waals surface area (Å²) in [5.41, 5.74) is 0.487. The first-order valence-electron chi connectivity index (χ1n) is 3.98. The van der Waals surface area contributed by atoms with E-state index in [9.17, 15) is 4.39 Å². The fourth-order valence-corrected chi connectivity index (χ4v) is 1.39. The van der Waals surface area contributed by atoms with Crippen LogP contribution in [0.2, 0.25) is 10.3 Å². The van der Waals surface area contributed by atoms with E-state index in [1.54, 1.807) is 24.4 Å². The number of hydrogen-bond acceptors (Lipinski definition) is 3. The van der Waals surface area contributed by atoms with Gasteiger partial charge < -0.3 is 0 Å². The summed E-state index contributed by atoms with van der Waals surface area (Å²) in [5, 5.41) is -0.619.